The molecule has 0 bridgehead atoms. The van der Waals surface area contributed by atoms with Gasteiger partial charge in [-0.3, -0.25) is 0 Å². The number of carbonyl (C=O) groups excluding carboxylic acids is 1. The van der Waals surface area contributed by atoms with Gasteiger partial charge in [-0.25, -0.2) is 0 Å². The van der Waals surface area contributed by atoms with E-state index in [2.05, 4.69) is 6.58 Å². The van der Waals surface area contributed by atoms with Crippen molar-refractivity contribution in [3.63, 3.8) is 0 Å². The van der Waals surface area contributed by atoms with Crippen molar-refractivity contribution >= 4 is 5.97 Å². The van der Waals surface area contributed by atoms with Gasteiger partial charge in [0.05, 0.1) is 0 Å². The quantitative estimate of drug-likeness (QED) is 0.0690. The van der Waals surface area contributed by atoms with Gasteiger partial charge in [0.2, 0.25) is 0 Å². The first-order chi connectivity index (χ1) is 12.3. The molecule has 0 saturated carbocycles. The van der Waals surface area contributed by atoms with Crippen molar-refractivity contribution in [2.24, 2.45) is 63.1 Å². The number of nitrogens with two attached hydrogens (primary N) is 11. The Hall–Kier alpha value is -0.820. The molecule has 0 amide bonds. The average Bonchev–Trinajstić information content (AvgIpc) is 2.70. The van der Waals surface area contributed by atoms with Crippen LogP contribution in [0.25, 0.3) is 0 Å². The van der Waals surface area contributed by atoms with Crippen molar-refractivity contribution in [2.75, 3.05) is 0 Å². The fourth-order valence-electron chi connectivity index (χ4n) is 2.50. The van der Waals surface area contributed by atoms with Gasteiger partial charge in [-0.05, 0) is 0 Å². The van der Waals surface area contributed by atoms with E-state index in [0.29, 0.717) is 0 Å². The predicted molar refractivity (Wildman–Crippen MR) is 85.8 cm³/mol. The van der Waals surface area contributed by atoms with Crippen LogP contribution in [0.4, 0.5) is 0 Å². The molecule has 164 valence electrons. The van der Waals surface area contributed by atoms with Crippen LogP contribution in [0.3, 0.4) is 0 Å². The topological polar surface area (TPSA) is 349 Å². The van der Waals surface area contributed by atoms with Crippen LogP contribution in [0.15, 0.2) is 12.3 Å². The normalized spacial score (nSPS) is 36.2. The van der Waals surface area contributed by atoms with Crippen LogP contribution < -0.4 is 84.7 Å². The molecule has 0 aromatic heterocycles. The second-order valence-electron chi connectivity index (χ2n) is 6.36. The molecule has 0 aromatic carbocycles. The maximum absolute atomic E-state index is 11.8. The van der Waals surface area contributed by atoms with Gasteiger partial charge in [0.25, 0.3) is 0 Å². The molecule has 0 aliphatic carbocycles. The number of carbonyl (C=O) groups is 1. The number of hydrogen-bond acceptors (Lipinski definition) is 17. The Balaban J connectivity index is 2.55. The minimum atomic E-state index is -2.41. The van der Waals surface area contributed by atoms with Gasteiger partial charge in [0.1, 0.15) is 0 Å². The molecule has 28 heavy (non-hydrogen) atoms. The van der Waals surface area contributed by atoms with Crippen molar-refractivity contribution < 1.29 is 48.4 Å². The predicted octanol–water partition coefficient (Wildman–Crippen LogP) is -11.0. The summed E-state index contributed by atoms with van der Waals surface area (Å²) in [5.41, 5.74) is 58.2. The van der Waals surface area contributed by atoms with E-state index >= 15 is 0 Å². The molecule has 18 heteroatoms. The van der Waals surface area contributed by atoms with E-state index in [1.807, 2.05) is 0 Å². The van der Waals surface area contributed by atoms with Gasteiger partial charge in [-0.15, -0.1) is 0 Å². The first-order valence-corrected chi connectivity index (χ1v) is 9.40. The van der Waals surface area contributed by atoms with Crippen LogP contribution in [0, 0.1) is 0 Å². The molecule has 0 aromatic rings. The van der Waals surface area contributed by atoms with Crippen molar-refractivity contribution in [1.82, 2.24) is 0 Å². The van der Waals surface area contributed by atoms with E-state index in [1.165, 1.54) is 0 Å². The Morgan fingerprint density at radius 3 is 1.39 bits per heavy atom. The molecule has 2 heterocycles. The number of rotatable bonds is 5. The summed E-state index contributed by atoms with van der Waals surface area (Å²) in [6.07, 6.45) is 0. The molecule has 2 saturated heterocycles. The molecule has 2 unspecified atom stereocenters. The summed E-state index contributed by atoms with van der Waals surface area (Å²) >= 11 is -2.04. The average molecular weight is 522 g/mol. The van der Waals surface area contributed by atoms with Crippen molar-refractivity contribution in [3.8, 4) is 0 Å². The zero-order chi connectivity index (χ0) is 22.0. The van der Waals surface area contributed by atoms with E-state index in [9.17, 15) is 4.79 Å². The fourth-order valence-corrected chi connectivity index (χ4v) is 5.25. The Labute approximate surface area is 169 Å². The Bertz CT molecular complexity index is 647. The van der Waals surface area contributed by atoms with E-state index in [1.54, 1.807) is 0 Å². The Morgan fingerprint density at radius 2 is 1.14 bits per heavy atom. The van der Waals surface area contributed by atoms with Crippen LogP contribution in [0.1, 0.15) is 0 Å². The summed E-state index contributed by atoms with van der Waals surface area (Å²) in [5.74, 6) is -5.83. The molecule has 0 radical (unpaired) electrons. The summed E-state index contributed by atoms with van der Waals surface area (Å²) < 4.78 is 24.1. The third-order valence-corrected chi connectivity index (χ3v) is 6.77. The van der Waals surface area contributed by atoms with E-state index in [4.69, 9.17) is 85.1 Å². The summed E-state index contributed by atoms with van der Waals surface area (Å²) in [4.78, 5) is 11.8. The molecular formula is C10H25IN11O6-. The SMILES string of the molecule is C=C(N)C(=O)O[I-]C(C1(N)OC(N)(N)OC1(N)N)C1(N)OC(N)(N)OC1(N)N. The molecular weight excluding hydrogens is 497 g/mol. The minimum absolute atomic E-state index is 0.430. The summed E-state index contributed by atoms with van der Waals surface area (Å²) in [7, 11) is 0. The Kier molecular flexibility index (Phi) is 5.52. The summed E-state index contributed by atoms with van der Waals surface area (Å²) in [6.45, 7) is 3.23. The first-order valence-electron chi connectivity index (χ1n) is 7.27. The number of ether oxygens (including phenoxy) is 4. The molecule has 2 fully saturated rings. The standard InChI is InChI=1S/C10H25IN11O6/c1-2(12)3(23)24-11-4(5(13)7(15,16)27-9(19,20)25-5)6(14)8(17,18)28-10(21,22)26-6/h4H,1,12-22H2/q-1. The zero-order valence-corrected chi connectivity index (χ0v) is 16.6. The maximum atomic E-state index is 11.8. The molecule has 2 aliphatic heterocycles. The van der Waals surface area contributed by atoms with Crippen molar-refractivity contribution in [3.05, 3.63) is 12.3 Å². The molecule has 2 rings (SSSR count). The van der Waals surface area contributed by atoms with E-state index in [-0.39, 0.29) is 0 Å². The van der Waals surface area contributed by atoms with E-state index < -0.39 is 72.4 Å². The van der Waals surface area contributed by atoms with Gasteiger partial charge in [-0.2, -0.15) is 0 Å². The molecule has 0 spiro atoms. The zero-order valence-electron chi connectivity index (χ0n) is 14.5. The van der Waals surface area contributed by atoms with Crippen LogP contribution in [0.5, 0.6) is 0 Å². The molecule has 2 atom stereocenters. The van der Waals surface area contributed by atoms with Gasteiger partial charge >= 0.3 is 169 Å². The third kappa shape index (κ3) is 3.81. The monoisotopic (exact) mass is 522 g/mol. The second kappa shape index (κ2) is 6.59. The first kappa shape index (κ1) is 23.5. The second-order valence-corrected chi connectivity index (χ2v) is 8.56. The number of hydrogen-bond donors (Lipinski definition) is 11. The van der Waals surface area contributed by atoms with Crippen molar-refractivity contribution in [2.45, 2.75) is 39.1 Å². The summed E-state index contributed by atoms with van der Waals surface area (Å²) in [6, 6.07) is -4.74. The molecule has 2 aliphatic rings. The van der Waals surface area contributed by atoms with Crippen LogP contribution in [-0.2, 0) is 26.8 Å². The molecule has 22 N–H and O–H groups in total. The summed E-state index contributed by atoms with van der Waals surface area (Å²) in [5, 5.41) is 0. The van der Waals surface area contributed by atoms with E-state index in [0.717, 1.165) is 0 Å². The van der Waals surface area contributed by atoms with Crippen molar-refractivity contribution in [1.29, 1.82) is 0 Å². The van der Waals surface area contributed by atoms with Gasteiger partial charge in [0.15, 0.2) is 0 Å². The van der Waals surface area contributed by atoms with Crippen LogP contribution in [0.2, 0.25) is 0 Å². The van der Waals surface area contributed by atoms with Crippen LogP contribution in [-0.4, -0.2) is 45.1 Å². The van der Waals surface area contributed by atoms with Gasteiger partial charge < -0.3 is 0 Å². The number of alkyl halides is 1. The van der Waals surface area contributed by atoms with Crippen LogP contribution >= 0.6 is 0 Å². The fraction of sp³-hybridized carbons (Fsp3) is 0.700. The van der Waals surface area contributed by atoms with Gasteiger partial charge in [0, 0.05) is 0 Å². The number of halogens is 1. The van der Waals surface area contributed by atoms with Gasteiger partial charge in [-0.1, -0.05) is 0 Å². The third-order valence-electron chi connectivity index (χ3n) is 3.75. The Morgan fingerprint density at radius 1 is 0.786 bits per heavy atom. The molecule has 17 nitrogen and oxygen atoms in total.